The molecule has 3 unspecified atom stereocenters. The minimum absolute atomic E-state index is 0.286. The molecule has 21 heavy (non-hydrogen) atoms. The molecule has 1 fully saturated rings. The zero-order chi connectivity index (χ0) is 14.8. The van der Waals surface area contributed by atoms with E-state index in [1.165, 1.54) is 12.0 Å². The van der Waals surface area contributed by atoms with Gasteiger partial charge in [-0.2, -0.15) is 0 Å². The standard InChI is InChI=1S/C18H20ClNO/c1-20-18(14-9-8-13(21-2)10-17(14)19)16-11-15(16)12-6-4-3-5-7-12/h3-10,15-16,18,20H,11H2,1-2H3. The number of hydrogen-bond donors (Lipinski definition) is 1. The maximum absolute atomic E-state index is 6.43. The number of ether oxygens (including phenoxy) is 1. The Labute approximate surface area is 131 Å². The SMILES string of the molecule is CNC(c1ccc(OC)cc1Cl)C1CC1c1ccccc1. The lowest BCUT2D eigenvalue weighted by Gasteiger charge is -2.19. The van der Waals surface area contributed by atoms with Crippen LogP contribution in [-0.2, 0) is 0 Å². The average molecular weight is 302 g/mol. The van der Waals surface area contributed by atoms with Crippen LogP contribution in [0.2, 0.25) is 5.02 Å². The van der Waals surface area contributed by atoms with E-state index in [1.807, 2.05) is 19.2 Å². The summed E-state index contributed by atoms with van der Waals surface area (Å²) in [6.07, 6.45) is 1.21. The van der Waals surface area contributed by atoms with Crippen LogP contribution in [-0.4, -0.2) is 14.2 Å². The minimum atomic E-state index is 0.286. The Morgan fingerprint density at radius 3 is 2.57 bits per heavy atom. The molecule has 1 saturated carbocycles. The largest absolute Gasteiger partial charge is 0.497 e. The van der Waals surface area contributed by atoms with Gasteiger partial charge in [-0.1, -0.05) is 48.0 Å². The molecule has 0 aliphatic heterocycles. The van der Waals surface area contributed by atoms with Crippen molar-refractivity contribution < 1.29 is 4.74 Å². The molecule has 3 heteroatoms. The molecule has 1 aliphatic rings. The molecule has 0 spiro atoms. The molecule has 0 aromatic heterocycles. The Morgan fingerprint density at radius 1 is 1.19 bits per heavy atom. The van der Waals surface area contributed by atoms with Crippen molar-refractivity contribution in [3.63, 3.8) is 0 Å². The predicted molar refractivity (Wildman–Crippen MR) is 87.1 cm³/mol. The van der Waals surface area contributed by atoms with E-state index in [9.17, 15) is 0 Å². The van der Waals surface area contributed by atoms with Gasteiger partial charge in [0.25, 0.3) is 0 Å². The molecule has 0 amide bonds. The first-order valence-corrected chi connectivity index (χ1v) is 7.68. The molecule has 2 aromatic carbocycles. The van der Waals surface area contributed by atoms with Gasteiger partial charge in [0.2, 0.25) is 0 Å². The fourth-order valence-electron chi connectivity index (χ4n) is 3.15. The van der Waals surface area contributed by atoms with E-state index in [0.717, 1.165) is 16.3 Å². The van der Waals surface area contributed by atoms with E-state index >= 15 is 0 Å². The highest BCUT2D eigenvalue weighted by Crippen LogP contribution is 2.54. The van der Waals surface area contributed by atoms with Crippen LogP contribution in [0.3, 0.4) is 0 Å². The van der Waals surface area contributed by atoms with E-state index in [2.05, 4.69) is 41.7 Å². The summed E-state index contributed by atoms with van der Waals surface area (Å²) in [5, 5.41) is 4.20. The van der Waals surface area contributed by atoms with Gasteiger partial charge in [-0.3, -0.25) is 0 Å². The van der Waals surface area contributed by atoms with Crippen molar-refractivity contribution in [2.24, 2.45) is 5.92 Å². The third-order valence-corrected chi connectivity index (χ3v) is 4.68. The molecule has 110 valence electrons. The maximum atomic E-state index is 6.43. The van der Waals surface area contributed by atoms with Gasteiger partial charge in [-0.05, 0) is 48.6 Å². The number of halogens is 1. The second-order valence-electron chi connectivity index (χ2n) is 5.57. The topological polar surface area (TPSA) is 21.3 Å². The molecule has 3 rings (SSSR count). The summed E-state index contributed by atoms with van der Waals surface area (Å²) in [6.45, 7) is 0. The molecular weight excluding hydrogens is 282 g/mol. The monoisotopic (exact) mass is 301 g/mol. The van der Waals surface area contributed by atoms with Gasteiger partial charge in [0.05, 0.1) is 7.11 Å². The van der Waals surface area contributed by atoms with Gasteiger partial charge >= 0.3 is 0 Å². The number of benzene rings is 2. The number of methoxy groups -OCH3 is 1. The van der Waals surface area contributed by atoms with Crippen LogP contribution in [0.15, 0.2) is 48.5 Å². The van der Waals surface area contributed by atoms with Gasteiger partial charge in [0.15, 0.2) is 0 Å². The van der Waals surface area contributed by atoms with Crippen LogP contribution in [0.1, 0.15) is 29.5 Å². The zero-order valence-corrected chi connectivity index (χ0v) is 13.1. The van der Waals surface area contributed by atoms with E-state index < -0.39 is 0 Å². The summed E-state index contributed by atoms with van der Waals surface area (Å²) < 4.78 is 5.23. The number of rotatable bonds is 5. The van der Waals surface area contributed by atoms with Gasteiger partial charge in [-0.25, -0.2) is 0 Å². The van der Waals surface area contributed by atoms with Crippen LogP contribution in [0, 0.1) is 5.92 Å². The number of hydrogen-bond acceptors (Lipinski definition) is 2. The van der Waals surface area contributed by atoms with Crippen molar-refractivity contribution in [2.75, 3.05) is 14.2 Å². The quantitative estimate of drug-likeness (QED) is 0.883. The van der Waals surface area contributed by atoms with E-state index in [-0.39, 0.29) is 6.04 Å². The first-order valence-electron chi connectivity index (χ1n) is 7.30. The lowest BCUT2D eigenvalue weighted by Crippen LogP contribution is -2.19. The first-order chi connectivity index (χ1) is 10.2. The van der Waals surface area contributed by atoms with Crippen molar-refractivity contribution in [3.8, 4) is 5.75 Å². The Kier molecular flexibility index (Phi) is 4.18. The lowest BCUT2D eigenvalue weighted by atomic mass is 9.98. The Bertz CT molecular complexity index is 614. The lowest BCUT2D eigenvalue weighted by molar-refractivity contribution is 0.414. The highest BCUT2D eigenvalue weighted by atomic mass is 35.5. The van der Waals surface area contributed by atoms with Crippen LogP contribution < -0.4 is 10.1 Å². The van der Waals surface area contributed by atoms with E-state index in [4.69, 9.17) is 16.3 Å². The van der Waals surface area contributed by atoms with Crippen LogP contribution in [0.25, 0.3) is 0 Å². The summed E-state index contributed by atoms with van der Waals surface area (Å²) in [5.41, 5.74) is 2.58. The van der Waals surface area contributed by atoms with E-state index in [1.54, 1.807) is 7.11 Å². The highest BCUT2D eigenvalue weighted by Gasteiger charge is 2.44. The summed E-state index contributed by atoms with van der Waals surface area (Å²) >= 11 is 6.43. The van der Waals surface area contributed by atoms with Crippen molar-refractivity contribution >= 4 is 11.6 Å². The molecule has 0 bridgehead atoms. The minimum Gasteiger partial charge on any atom is -0.497 e. The summed E-state index contributed by atoms with van der Waals surface area (Å²) in [6, 6.07) is 16.9. The van der Waals surface area contributed by atoms with E-state index in [0.29, 0.717) is 11.8 Å². The normalized spacial score (nSPS) is 21.9. The Balaban J connectivity index is 1.81. The summed E-state index contributed by atoms with van der Waals surface area (Å²) in [4.78, 5) is 0. The second kappa shape index (κ2) is 6.08. The van der Waals surface area contributed by atoms with Crippen LogP contribution in [0.5, 0.6) is 5.75 Å². The molecule has 1 aliphatic carbocycles. The first kappa shape index (κ1) is 14.4. The van der Waals surface area contributed by atoms with Gasteiger partial charge in [0.1, 0.15) is 5.75 Å². The molecule has 2 nitrogen and oxygen atoms in total. The smallest absolute Gasteiger partial charge is 0.120 e. The molecule has 0 radical (unpaired) electrons. The van der Waals surface area contributed by atoms with Crippen LogP contribution in [0.4, 0.5) is 0 Å². The fraction of sp³-hybridized carbons (Fsp3) is 0.333. The summed E-state index contributed by atoms with van der Waals surface area (Å²) in [5.74, 6) is 2.03. The molecule has 2 aromatic rings. The predicted octanol–water partition coefficient (Wildman–Crippen LogP) is 4.41. The third-order valence-electron chi connectivity index (χ3n) is 4.35. The van der Waals surface area contributed by atoms with Gasteiger partial charge < -0.3 is 10.1 Å². The van der Waals surface area contributed by atoms with Crippen molar-refractivity contribution in [1.82, 2.24) is 5.32 Å². The van der Waals surface area contributed by atoms with Crippen molar-refractivity contribution in [2.45, 2.75) is 18.4 Å². The van der Waals surface area contributed by atoms with Gasteiger partial charge in [-0.15, -0.1) is 0 Å². The maximum Gasteiger partial charge on any atom is 0.120 e. The Morgan fingerprint density at radius 2 is 1.95 bits per heavy atom. The summed E-state index contributed by atoms with van der Waals surface area (Å²) in [7, 11) is 3.67. The third kappa shape index (κ3) is 2.92. The highest BCUT2D eigenvalue weighted by molar-refractivity contribution is 6.31. The van der Waals surface area contributed by atoms with Gasteiger partial charge in [0, 0.05) is 11.1 Å². The van der Waals surface area contributed by atoms with Crippen molar-refractivity contribution in [3.05, 3.63) is 64.7 Å². The molecule has 3 atom stereocenters. The average Bonchev–Trinajstić information content (AvgIpc) is 3.31. The van der Waals surface area contributed by atoms with Crippen molar-refractivity contribution in [1.29, 1.82) is 0 Å². The number of nitrogens with one attached hydrogen (secondary N) is 1. The molecular formula is C18H20ClNO. The zero-order valence-electron chi connectivity index (χ0n) is 12.3. The molecule has 1 N–H and O–H groups in total. The second-order valence-corrected chi connectivity index (χ2v) is 5.98. The molecule has 0 heterocycles. The molecule has 0 saturated heterocycles. The van der Waals surface area contributed by atoms with Crippen LogP contribution >= 0.6 is 11.6 Å². The fourth-order valence-corrected chi connectivity index (χ4v) is 3.44. The Hall–Kier alpha value is -1.51.